The number of nitrogen functional groups attached to an aromatic ring is 1. The fourth-order valence-electron chi connectivity index (χ4n) is 1.98. The van der Waals surface area contributed by atoms with Crippen LogP contribution >= 0.6 is 11.3 Å². The zero-order valence-electron chi connectivity index (χ0n) is 14.7. The van der Waals surface area contributed by atoms with Gasteiger partial charge in [0.15, 0.2) is 16.6 Å². The topological polar surface area (TPSA) is 98.8 Å². The Morgan fingerprint density at radius 2 is 2.20 bits per heavy atom. The van der Waals surface area contributed by atoms with Gasteiger partial charge in [0.2, 0.25) is 0 Å². The molecule has 0 atom stereocenters. The van der Waals surface area contributed by atoms with Crippen molar-refractivity contribution in [1.29, 1.82) is 0 Å². The molecular weight excluding hydrogens is 340 g/mol. The van der Waals surface area contributed by atoms with Gasteiger partial charge in [0.25, 0.3) is 5.91 Å². The number of anilines is 1. The van der Waals surface area contributed by atoms with E-state index < -0.39 is 0 Å². The highest BCUT2D eigenvalue weighted by atomic mass is 32.1. The highest BCUT2D eigenvalue weighted by Gasteiger charge is 2.13. The van der Waals surface area contributed by atoms with Gasteiger partial charge in [-0.05, 0) is 36.6 Å². The van der Waals surface area contributed by atoms with E-state index in [1.807, 2.05) is 12.1 Å². The van der Waals surface area contributed by atoms with Crippen molar-refractivity contribution in [2.45, 2.75) is 20.8 Å². The van der Waals surface area contributed by atoms with Crippen LogP contribution in [-0.2, 0) is 0 Å². The first kappa shape index (κ1) is 18.7. The summed E-state index contributed by atoms with van der Waals surface area (Å²) < 4.78 is 11.0. The summed E-state index contributed by atoms with van der Waals surface area (Å²) in [5, 5.41) is 4.32. The van der Waals surface area contributed by atoms with Crippen molar-refractivity contribution in [3.05, 3.63) is 34.3 Å². The number of hydrogen-bond donors (Lipinski definition) is 2. The van der Waals surface area contributed by atoms with Gasteiger partial charge in [0.1, 0.15) is 4.88 Å². The quantitative estimate of drug-likeness (QED) is 0.583. The molecule has 0 spiro atoms. The van der Waals surface area contributed by atoms with E-state index in [4.69, 9.17) is 15.2 Å². The zero-order chi connectivity index (χ0) is 18.4. The molecule has 1 heterocycles. The minimum atomic E-state index is -0.341. The number of rotatable bonds is 7. The van der Waals surface area contributed by atoms with Crippen LogP contribution in [-0.4, -0.2) is 30.8 Å². The number of ether oxygens (including phenoxy) is 2. The number of aryl methyl sites for hydroxylation is 1. The molecule has 0 radical (unpaired) electrons. The van der Waals surface area contributed by atoms with Crippen molar-refractivity contribution >= 4 is 28.6 Å². The Bertz CT molecular complexity index is 771. The Morgan fingerprint density at radius 1 is 1.44 bits per heavy atom. The molecule has 0 saturated carbocycles. The number of nitrogens with two attached hydrogens (primary N) is 1. The zero-order valence-corrected chi connectivity index (χ0v) is 15.5. The van der Waals surface area contributed by atoms with Crippen LogP contribution in [0.2, 0.25) is 0 Å². The first-order chi connectivity index (χ1) is 11.9. The number of nitrogens with one attached hydrogen (secondary N) is 1. The third-order valence-corrected chi connectivity index (χ3v) is 4.14. The van der Waals surface area contributed by atoms with Gasteiger partial charge in [-0.3, -0.25) is 4.79 Å². The number of carbonyl (C=O) groups is 1. The minimum absolute atomic E-state index is 0.341. The van der Waals surface area contributed by atoms with E-state index in [1.165, 1.54) is 6.21 Å². The van der Waals surface area contributed by atoms with Crippen molar-refractivity contribution in [2.75, 3.05) is 19.5 Å². The van der Waals surface area contributed by atoms with Crippen LogP contribution in [0.5, 0.6) is 11.5 Å². The van der Waals surface area contributed by atoms with E-state index in [9.17, 15) is 4.79 Å². The number of benzene rings is 1. The number of hydrazone groups is 1. The summed E-state index contributed by atoms with van der Waals surface area (Å²) in [4.78, 5) is 16.5. The predicted octanol–water partition coefficient (Wildman–Crippen LogP) is 2.84. The van der Waals surface area contributed by atoms with E-state index in [0.29, 0.717) is 39.7 Å². The van der Waals surface area contributed by atoms with E-state index in [0.717, 1.165) is 16.9 Å². The van der Waals surface area contributed by atoms with Crippen LogP contribution in [0, 0.1) is 12.8 Å². The smallest absolute Gasteiger partial charge is 0.283 e. The number of thiazole rings is 1. The van der Waals surface area contributed by atoms with Crippen molar-refractivity contribution in [3.8, 4) is 11.5 Å². The first-order valence-corrected chi connectivity index (χ1v) is 8.59. The molecule has 8 heteroatoms. The molecule has 2 rings (SSSR count). The molecule has 7 nitrogen and oxygen atoms in total. The monoisotopic (exact) mass is 362 g/mol. The minimum Gasteiger partial charge on any atom is -0.493 e. The Labute approximate surface area is 150 Å². The van der Waals surface area contributed by atoms with Gasteiger partial charge in [0, 0.05) is 0 Å². The first-order valence-electron chi connectivity index (χ1n) is 7.77. The van der Waals surface area contributed by atoms with Gasteiger partial charge >= 0.3 is 0 Å². The van der Waals surface area contributed by atoms with Crippen molar-refractivity contribution in [2.24, 2.45) is 11.0 Å². The fourth-order valence-corrected chi connectivity index (χ4v) is 2.71. The molecule has 2 aromatic rings. The van der Waals surface area contributed by atoms with Crippen LogP contribution in [0.4, 0.5) is 5.13 Å². The number of nitrogens with zero attached hydrogens (tertiary/aromatic N) is 2. The molecular formula is C17H22N4O3S. The van der Waals surface area contributed by atoms with Gasteiger partial charge in [-0.1, -0.05) is 25.2 Å². The summed E-state index contributed by atoms with van der Waals surface area (Å²) in [6.07, 6.45) is 1.53. The molecule has 1 aromatic heterocycles. The molecule has 0 aliphatic carbocycles. The lowest BCUT2D eigenvalue weighted by molar-refractivity contribution is 0.0958. The van der Waals surface area contributed by atoms with Gasteiger partial charge < -0.3 is 15.2 Å². The van der Waals surface area contributed by atoms with Crippen LogP contribution in [0.15, 0.2) is 23.3 Å². The maximum Gasteiger partial charge on any atom is 0.283 e. The lowest BCUT2D eigenvalue weighted by atomic mass is 10.2. The molecule has 25 heavy (non-hydrogen) atoms. The van der Waals surface area contributed by atoms with Crippen molar-refractivity contribution < 1.29 is 14.3 Å². The Kier molecular flexibility index (Phi) is 6.35. The maximum atomic E-state index is 12.0. The van der Waals surface area contributed by atoms with Crippen LogP contribution in [0.25, 0.3) is 0 Å². The molecule has 134 valence electrons. The van der Waals surface area contributed by atoms with E-state index in [2.05, 4.69) is 29.4 Å². The molecule has 1 amide bonds. The standard InChI is InChI=1S/C17H22N4O3S/c1-10(2)9-24-13-6-5-12(7-14(13)23-4)8-19-21-16(22)15-11(3)20-17(18)25-15/h5-8,10H,9H2,1-4H3,(H2,18,20)(H,21,22)/b19-8-. The van der Waals surface area contributed by atoms with Crippen molar-refractivity contribution in [1.82, 2.24) is 10.4 Å². The molecule has 1 aromatic carbocycles. The van der Waals surface area contributed by atoms with Crippen LogP contribution in [0.1, 0.15) is 34.8 Å². The number of carbonyl (C=O) groups excluding carboxylic acids is 1. The second kappa shape index (κ2) is 8.48. The fraction of sp³-hybridized carbons (Fsp3) is 0.353. The summed E-state index contributed by atoms with van der Waals surface area (Å²) in [5.41, 5.74) is 9.42. The Balaban J connectivity index is 2.03. The summed E-state index contributed by atoms with van der Waals surface area (Å²) in [6.45, 7) is 6.49. The Morgan fingerprint density at radius 3 is 2.80 bits per heavy atom. The highest BCUT2D eigenvalue weighted by molar-refractivity contribution is 7.17. The summed E-state index contributed by atoms with van der Waals surface area (Å²) >= 11 is 1.13. The number of methoxy groups -OCH3 is 1. The van der Waals surface area contributed by atoms with Gasteiger partial charge in [-0.2, -0.15) is 5.10 Å². The second-order valence-electron chi connectivity index (χ2n) is 5.78. The summed E-state index contributed by atoms with van der Waals surface area (Å²) in [6, 6.07) is 5.45. The lowest BCUT2D eigenvalue weighted by Crippen LogP contribution is -2.17. The van der Waals surface area contributed by atoms with E-state index in [1.54, 1.807) is 20.1 Å². The largest absolute Gasteiger partial charge is 0.493 e. The molecule has 0 aliphatic rings. The summed E-state index contributed by atoms with van der Waals surface area (Å²) in [5.74, 6) is 1.37. The van der Waals surface area contributed by atoms with Crippen molar-refractivity contribution in [3.63, 3.8) is 0 Å². The van der Waals surface area contributed by atoms with Crippen LogP contribution < -0.4 is 20.6 Å². The summed E-state index contributed by atoms with van der Waals surface area (Å²) in [7, 11) is 1.58. The number of hydrogen-bond acceptors (Lipinski definition) is 7. The average molecular weight is 362 g/mol. The normalized spacial score (nSPS) is 11.1. The Hall–Kier alpha value is -2.61. The third-order valence-electron chi connectivity index (χ3n) is 3.16. The molecule has 0 fully saturated rings. The van der Waals surface area contributed by atoms with E-state index in [-0.39, 0.29) is 5.91 Å². The van der Waals surface area contributed by atoms with Gasteiger partial charge in [-0.15, -0.1) is 0 Å². The molecule has 0 aliphatic heterocycles. The van der Waals surface area contributed by atoms with E-state index >= 15 is 0 Å². The lowest BCUT2D eigenvalue weighted by Gasteiger charge is -2.12. The number of aromatic nitrogens is 1. The molecule has 0 saturated heterocycles. The maximum absolute atomic E-state index is 12.0. The molecule has 0 bridgehead atoms. The van der Waals surface area contributed by atoms with Gasteiger partial charge in [-0.25, -0.2) is 10.4 Å². The molecule has 0 unspecified atom stereocenters. The number of amides is 1. The SMILES string of the molecule is COc1cc(/C=N\NC(=O)c2sc(N)nc2C)ccc1OCC(C)C. The van der Waals surface area contributed by atoms with Gasteiger partial charge in [0.05, 0.1) is 25.6 Å². The second-order valence-corrected chi connectivity index (χ2v) is 6.81. The predicted molar refractivity (Wildman–Crippen MR) is 99.7 cm³/mol. The highest BCUT2D eigenvalue weighted by Crippen LogP contribution is 2.28. The van der Waals surface area contributed by atoms with Crippen LogP contribution in [0.3, 0.4) is 0 Å². The molecule has 3 N–H and O–H groups in total. The average Bonchev–Trinajstić information content (AvgIpc) is 2.91. The third kappa shape index (κ3) is 5.18.